The lowest BCUT2D eigenvalue weighted by Crippen LogP contribution is -2.46. The summed E-state index contributed by atoms with van der Waals surface area (Å²) in [4.78, 5) is 31.7. The van der Waals surface area contributed by atoms with Crippen LogP contribution in [0.1, 0.15) is 19.3 Å². The Labute approximate surface area is 119 Å². The molecule has 0 heterocycles. The lowest BCUT2D eigenvalue weighted by molar-refractivity contribution is -0.175. The number of aliphatic carboxylic acids is 1. The van der Waals surface area contributed by atoms with Gasteiger partial charge in [-0.15, -0.1) is 0 Å². The van der Waals surface area contributed by atoms with Crippen LogP contribution in [-0.2, 0) is 14.4 Å². The van der Waals surface area contributed by atoms with Crippen molar-refractivity contribution in [1.29, 1.82) is 0 Å². The van der Waals surface area contributed by atoms with E-state index >= 15 is 0 Å². The van der Waals surface area contributed by atoms with Crippen molar-refractivity contribution >= 4 is 17.8 Å². The summed E-state index contributed by atoms with van der Waals surface area (Å²) < 4.78 is 71.3. The number of nitrogens with one attached hydrogen (secondary N) is 2. The summed E-state index contributed by atoms with van der Waals surface area (Å²) in [6.07, 6.45) is -10.9. The second-order valence-electron chi connectivity index (χ2n) is 4.11. The van der Waals surface area contributed by atoms with E-state index < -0.39 is 49.1 Å². The molecule has 0 aromatic carbocycles. The van der Waals surface area contributed by atoms with Gasteiger partial charge in [0.2, 0.25) is 0 Å². The number of halogens is 6. The average molecular weight is 338 g/mol. The molecule has 12 heteroatoms. The number of carboxylic acids is 1. The van der Waals surface area contributed by atoms with Gasteiger partial charge in [-0.2, -0.15) is 26.3 Å². The van der Waals surface area contributed by atoms with E-state index in [0.29, 0.717) is 0 Å². The van der Waals surface area contributed by atoms with Crippen LogP contribution in [0.4, 0.5) is 26.3 Å². The Morgan fingerprint density at radius 2 is 1.41 bits per heavy atom. The first-order valence-corrected chi connectivity index (χ1v) is 5.81. The zero-order valence-corrected chi connectivity index (χ0v) is 10.8. The third-order valence-electron chi connectivity index (χ3n) is 2.32. The van der Waals surface area contributed by atoms with E-state index in [0.717, 1.165) is 0 Å². The van der Waals surface area contributed by atoms with Crippen LogP contribution in [-0.4, -0.2) is 47.8 Å². The molecule has 0 aromatic heterocycles. The van der Waals surface area contributed by atoms with Gasteiger partial charge in [0.25, 0.3) is 0 Å². The maximum Gasteiger partial charge on any atom is 0.471 e. The predicted octanol–water partition coefficient (Wildman–Crippen LogP) is 0.967. The van der Waals surface area contributed by atoms with Gasteiger partial charge in [0.1, 0.15) is 6.04 Å². The summed E-state index contributed by atoms with van der Waals surface area (Å²) >= 11 is 0. The zero-order chi connectivity index (χ0) is 17.6. The number of carboxylic acid groups (broad SMARTS) is 1. The third kappa shape index (κ3) is 7.69. The highest BCUT2D eigenvalue weighted by atomic mass is 19.4. The van der Waals surface area contributed by atoms with Crippen molar-refractivity contribution in [3.8, 4) is 0 Å². The molecule has 0 aliphatic rings. The minimum absolute atomic E-state index is 0.104. The van der Waals surface area contributed by atoms with Crippen molar-refractivity contribution in [3.63, 3.8) is 0 Å². The van der Waals surface area contributed by atoms with Crippen molar-refractivity contribution in [3.05, 3.63) is 0 Å². The van der Waals surface area contributed by atoms with Crippen molar-refractivity contribution in [2.75, 3.05) is 6.54 Å². The van der Waals surface area contributed by atoms with Gasteiger partial charge in [-0.3, -0.25) is 9.59 Å². The van der Waals surface area contributed by atoms with Gasteiger partial charge < -0.3 is 15.7 Å². The zero-order valence-electron chi connectivity index (χ0n) is 10.8. The van der Waals surface area contributed by atoms with Crippen LogP contribution in [0.15, 0.2) is 0 Å². The lowest BCUT2D eigenvalue weighted by atomic mass is 10.1. The Bertz CT molecular complexity index is 421. The van der Waals surface area contributed by atoms with Crippen molar-refractivity contribution in [2.24, 2.45) is 0 Å². The second-order valence-corrected chi connectivity index (χ2v) is 4.11. The minimum Gasteiger partial charge on any atom is -0.480 e. The average Bonchev–Trinajstić information content (AvgIpc) is 2.33. The van der Waals surface area contributed by atoms with Gasteiger partial charge in [-0.25, -0.2) is 4.79 Å². The standard InChI is InChI=1S/C10H12F6N2O4/c11-9(12,13)7(21)17-4-2-1-3-5(6(19)20)18-8(22)10(14,15)16/h5H,1-4H2,(H,17,21)(H,18,22)(H,19,20). The van der Waals surface area contributed by atoms with Crippen molar-refractivity contribution in [1.82, 2.24) is 10.6 Å². The second kappa shape index (κ2) is 7.84. The van der Waals surface area contributed by atoms with E-state index in [-0.39, 0.29) is 12.8 Å². The van der Waals surface area contributed by atoms with E-state index in [2.05, 4.69) is 0 Å². The molecule has 0 aliphatic carbocycles. The van der Waals surface area contributed by atoms with E-state index in [1.807, 2.05) is 0 Å². The molecule has 2 amide bonds. The molecule has 0 rings (SSSR count). The number of carbonyl (C=O) groups excluding carboxylic acids is 2. The number of carbonyl (C=O) groups is 3. The molecule has 0 bridgehead atoms. The first kappa shape index (κ1) is 20.0. The summed E-state index contributed by atoms with van der Waals surface area (Å²) in [5, 5.41) is 11.4. The van der Waals surface area contributed by atoms with E-state index in [9.17, 15) is 40.7 Å². The SMILES string of the molecule is O=C(O)C(CCCCNC(=O)C(F)(F)F)NC(=O)C(F)(F)F. The van der Waals surface area contributed by atoms with Gasteiger partial charge in [0.05, 0.1) is 0 Å². The highest BCUT2D eigenvalue weighted by Crippen LogP contribution is 2.16. The first-order chi connectivity index (χ1) is 9.85. The molecule has 128 valence electrons. The topological polar surface area (TPSA) is 95.5 Å². The smallest absolute Gasteiger partial charge is 0.471 e. The first-order valence-electron chi connectivity index (χ1n) is 5.81. The van der Waals surface area contributed by atoms with Crippen LogP contribution in [0.5, 0.6) is 0 Å². The molecular formula is C10H12F6N2O4. The predicted molar refractivity (Wildman–Crippen MR) is 58.5 cm³/mol. The summed E-state index contributed by atoms with van der Waals surface area (Å²) in [7, 11) is 0. The molecule has 0 radical (unpaired) electrons. The molecule has 6 nitrogen and oxygen atoms in total. The van der Waals surface area contributed by atoms with Crippen LogP contribution in [0.2, 0.25) is 0 Å². The van der Waals surface area contributed by atoms with Crippen LogP contribution >= 0.6 is 0 Å². The molecule has 1 atom stereocenters. The normalized spacial score (nSPS) is 13.4. The van der Waals surface area contributed by atoms with Crippen LogP contribution < -0.4 is 10.6 Å². The molecular weight excluding hydrogens is 326 g/mol. The summed E-state index contributed by atoms with van der Waals surface area (Å²) in [5.74, 6) is -6.31. The third-order valence-corrected chi connectivity index (χ3v) is 2.32. The van der Waals surface area contributed by atoms with E-state index in [1.165, 1.54) is 10.6 Å². The fourth-order valence-corrected chi connectivity index (χ4v) is 1.27. The number of unbranched alkanes of at least 4 members (excludes halogenated alkanes) is 1. The van der Waals surface area contributed by atoms with Gasteiger partial charge >= 0.3 is 30.1 Å². The van der Waals surface area contributed by atoms with E-state index in [4.69, 9.17) is 5.11 Å². The largest absolute Gasteiger partial charge is 0.480 e. The Hall–Kier alpha value is -2.01. The molecule has 3 N–H and O–H groups in total. The molecule has 0 aromatic rings. The van der Waals surface area contributed by atoms with Gasteiger partial charge in [0, 0.05) is 6.54 Å². The van der Waals surface area contributed by atoms with Gasteiger partial charge in [-0.05, 0) is 19.3 Å². The fraction of sp³-hybridized carbons (Fsp3) is 0.700. The molecule has 1 unspecified atom stereocenters. The molecule has 0 aliphatic heterocycles. The van der Waals surface area contributed by atoms with Crippen LogP contribution in [0.25, 0.3) is 0 Å². The summed E-state index contributed by atoms with van der Waals surface area (Å²) in [6, 6.07) is -1.83. The quantitative estimate of drug-likeness (QED) is 0.476. The lowest BCUT2D eigenvalue weighted by Gasteiger charge is -2.15. The number of rotatable bonds is 7. The maximum absolute atomic E-state index is 12.0. The van der Waals surface area contributed by atoms with Crippen molar-refractivity contribution < 1.29 is 45.8 Å². The van der Waals surface area contributed by atoms with Crippen molar-refractivity contribution in [2.45, 2.75) is 37.7 Å². The molecule has 0 saturated heterocycles. The number of alkyl halides is 6. The van der Waals surface area contributed by atoms with Crippen LogP contribution in [0.3, 0.4) is 0 Å². The monoisotopic (exact) mass is 338 g/mol. The Kier molecular flexibility index (Phi) is 7.13. The number of amides is 2. The molecule has 0 fully saturated rings. The molecule has 0 saturated carbocycles. The summed E-state index contributed by atoms with van der Waals surface area (Å²) in [6.45, 7) is -0.433. The number of hydrogen-bond acceptors (Lipinski definition) is 3. The minimum atomic E-state index is -5.24. The Morgan fingerprint density at radius 3 is 1.82 bits per heavy atom. The Balaban J connectivity index is 4.16. The van der Waals surface area contributed by atoms with Gasteiger partial charge in [-0.1, -0.05) is 0 Å². The van der Waals surface area contributed by atoms with Crippen LogP contribution in [0, 0.1) is 0 Å². The maximum atomic E-state index is 12.0. The Morgan fingerprint density at radius 1 is 0.909 bits per heavy atom. The fourth-order valence-electron chi connectivity index (χ4n) is 1.27. The van der Waals surface area contributed by atoms with E-state index in [1.54, 1.807) is 0 Å². The molecule has 0 spiro atoms. The highest BCUT2D eigenvalue weighted by molar-refractivity contribution is 5.86. The van der Waals surface area contributed by atoms with Gasteiger partial charge in [0.15, 0.2) is 0 Å². The number of hydrogen-bond donors (Lipinski definition) is 3. The highest BCUT2D eigenvalue weighted by Gasteiger charge is 2.41. The molecule has 22 heavy (non-hydrogen) atoms. The summed E-state index contributed by atoms with van der Waals surface area (Å²) in [5.41, 5.74) is 0.